The largest absolute Gasteiger partial charge is 0.464 e. The van der Waals surface area contributed by atoms with Gasteiger partial charge in [0.2, 0.25) is 0 Å². The van der Waals surface area contributed by atoms with E-state index in [4.69, 9.17) is 4.42 Å². The molecular formula is C15H17F2NOS2. The first-order valence-corrected chi connectivity index (χ1v) is 8.75. The number of alkyl halides is 2. The molecule has 1 aromatic heterocycles. The molecule has 0 spiro atoms. The quantitative estimate of drug-likeness (QED) is 0.707. The molecule has 0 bridgehead atoms. The van der Waals surface area contributed by atoms with Gasteiger partial charge in [-0.15, -0.1) is 11.8 Å². The second-order valence-electron chi connectivity index (χ2n) is 4.39. The third kappa shape index (κ3) is 5.73. The smallest absolute Gasteiger partial charge is 0.284 e. The van der Waals surface area contributed by atoms with Crippen molar-refractivity contribution in [3.8, 4) is 0 Å². The molecule has 0 radical (unpaired) electrons. The van der Waals surface area contributed by atoms with Crippen LogP contribution in [0.2, 0.25) is 0 Å². The zero-order valence-electron chi connectivity index (χ0n) is 11.6. The standard InChI is InChI=1S/C15H17F2NOS2/c1-20-14-6-2-11(3-7-14)8-18-9-12-4-5-13(19-12)10-21-15(16)17/h2-7,15,18H,8-10H2,1H3. The average molecular weight is 329 g/mol. The summed E-state index contributed by atoms with van der Waals surface area (Å²) in [5, 5.41) is 3.28. The van der Waals surface area contributed by atoms with E-state index >= 15 is 0 Å². The summed E-state index contributed by atoms with van der Waals surface area (Å²) in [6, 6.07) is 11.9. The number of benzene rings is 1. The van der Waals surface area contributed by atoms with Gasteiger partial charge in [-0.05, 0) is 36.1 Å². The minimum absolute atomic E-state index is 0.202. The van der Waals surface area contributed by atoms with Crippen LogP contribution in [0.15, 0.2) is 45.7 Å². The van der Waals surface area contributed by atoms with Gasteiger partial charge >= 0.3 is 0 Å². The van der Waals surface area contributed by atoms with Crippen molar-refractivity contribution in [1.29, 1.82) is 0 Å². The Kier molecular flexibility index (Phi) is 6.60. The van der Waals surface area contributed by atoms with Crippen LogP contribution in [0.5, 0.6) is 0 Å². The summed E-state index contributed by atoms with van der Waals surface area (Å²) in [5.74, 6) is -0.809. The number of hydrogen-bond donors (Lipinski definition) is 1. The first kappa shape index (κ1) is 16.4. The van der Waals surface area contributed by atoms with Gasteiger partial charge in [0.05, 0.1) is 12.3 Å². The molecule has 0 aliphatic rings. The number of thioether (sulfide) groups is 2. The van der Waals surface area contributed by atoms with E-state index in [-0.39, 0.29) is 5.75 Å². The highest BCUT2D eigenvalue weighted by atomic mass is 32.2. The minimum atomic E-state index is -2.36. The van der Waals surface area contributed by atoms with E-state index in [1.54, 1.807) is 17.8 Å². The summed E-state index contributed by atoms with van der Waals surface area (Å²) in [6.45, 7) is 1.33. The van der Waals surface area contributed by atoms with Gasteiger partial charge < -0.3 is 9.73 Å². The fourth-order valence-electron chi connectivity index (χ4n) is 1.81. The fraction of sp³-hybridized carbons (Fsp3) is 0.333. The lowest BCUT2D eigenvalue weighted by Gasteiger charge is -2.04. The molecule has 1 N–H and O–H groups in total. The van der Waals surface area contributed by atoms with Crippen molar-refractivity contribution in [3.63, 3.8) is 0 Å². The molecule has 0 atom stereocenters. The predicted octanol–water partition coefficient (Wildman–Crippen LogP) is 4.75. The van der Waals surface area contributed by atoms with Crippen molar-refractivity contribution < 1.29 is 13.2 Å². The summed E-state index contributed by atoms with van der Waals surface area (Å²) in [4.78, 5) is 1.24. The number of hydrogen-bond acceptors (Lipinski definition) is 4. The maximum absolute atomic E-state index is 12.1. The summed E-state index contributed by atoms with van der Waals surface area (Å²) < 4.78 is 29.6. The first-order valence-electron chi connectivity index (χ1n) is 6.48. The van der Waals surface area contributed by atoms with E-state index in [0.29, 0.717) is 24.1 Å². The van der Waals surface area contributed by atoms with Crippen LogP contribution < -0.4 is 5.32 Å². The van der Waals surface area contributed by atoms with Gasteiger partial charge in [0.1, 0.15) is 11.5 Å². The average Bonchev–Trinajstić information content (AvgIpc) is 2.94. The molecule has 6 heteroatoms. The van der Waals surface area contributed by atoms with Gasteiger partial charge in [0.25, 0.3) is 5.76 Å². The van der Waals surface area contributed by atoms with E-state index in [0.717, 1.165) is 12.3 Å². The molecule has 0 fully saturated rings. The number of rotatable bonds is 8. The van der Waals surface area contributed by atoms with Crippen LogP contribution >= 0.6 is 23.5 Å². The second kappa shape index (κ2) is 8.46. The normalized spacial score (nSPS) is 11.2. The molecular weight excluding hydrogens is 312 g/mol. The lowest BCUT2D eigenvalue weighted by Crippen LogP contribution is -2.11. The van der Waals surface area contributed by atoms with E-state index in [1.165, 1.54) is 10.5 Å². The Labute approximate surface area is 131 Å². The van der Waals surface area contributed by atoms with Crippen LogP contribution in [-0.4, -0.2) is 12.0 Å². The van der Waals surface area contributed by atoms with E-state index < -0.39 is 5.76 Å². The highest BCUT2D eigenvalue weighted by Crippen LogP contribution is 2.21. The van der Waals surface area contributed by atoms with Crippen LogP contribution in [0.25, 0.3) is 0 Å². The van der Waals surface area contributed by atoms with Crippen LogP contribution in [0.3, 0.4) is 0 Å². The second-order valence-corrected chi connectivity index (χ2v) is 6.25. The lowest BCUT2D eigenvalue weighted by atomic mass is 10.2. The Morgan fingerprint density at radius 1 is 1.05 bits per heavy atom. The summed E-state index contributed by atoms with van der Waals surface area (Å²) >= 11 is 2.29. The first-order chi connectivity index (χ1) is 10.2. The summed E-state index contributed by atoms with van der Waals surface area (Å²) in [5.41, 5.74) is 1.20. The third-order valence-electron chi connectivity index (χ3n) is 2.86. The highest BCUT2D eigenvalue weighted by Gasteiger charge is 2.07. The van der Waals surface area contributed by atoms with Gasteiger partial charge in [-0.25, -0.2) is 0 Å². The van der Waals surface area contributed by atoms with Gasteiger partial charge in [0, 0.05) is 11.4 Å². The molecule has 2 aromatic rings. The molecule has 0 amide bonds. The zero-order chi connectivity index (χ0) is 15.1. The molecule has 2 nitrogen and oxygen atoms in total. The third-order valence-corrected chi connectivity index (χ3v) is 4.30. The van der Waals surface area contributed by atoms with E-state index in [2.05, 4.69) is 29.6 Å². The van der Waals surface area contributed by atoms with Crippen molar-refractivity contribution in [2.24, 2.45) is 0 Å². The van der Waals surface area contributed by atoms with E-state index in [9.17, 15) is 8.78 Å². The molecule has 1 heterocycles. The van der Waals surface area contributed by atoms with Crippen LogP contribution in [0.1, 0.15) is 17.1 Å². The zero-order valence-corrected chi connectivity index (χ0v) is 13.3. The molecule has 0 saturated carbocycles. The van der Waals surface area contributed by atoms with E-state index in [1.807, 2.05) is 12.3 Å². The molecule has 0 aliphatic heterocycles. The van der Waals surface area contributed by atoms with Crippen molar-refractivity contribution in [1.82, 2.24) is 5.32 Å². The topological polar surface area (TPSA) is 25.2 Å². The molecule has 0 unspecified atom stereocenters. The van der Waals surface area contributed by atoms with Gasteiger partial charge in [-0.3, -0.25) is 0 Å². The lowest BCUT2D eigenvalue weighted by molar-refractivity contribution is 0.251. The molecule has 2 rings (SSSR count). The SMILES string of the molecule is CSc1ccc(CNCc2ccc(CSC(F)F)o2)cc1. The molecule has 21 heavy (non-hydrogen) atoms. The minimum Gasteiger partial charge on any atom is -0.464 e. The fourth-order valence-corrected chi connectivity index (χ4v) is 2.67. The Balaban J connectivity index is 1.75. The molecule has 0 saturated heterocycles. The van der Waals surface area contributed by atoms with Crippen molar-refractivity contribution in [2.45, 2.75) is 29.5 Å². The molecule has 0 aliphatic carbocycles. The van der Waals surface area contributed by atoms with Gasteiger partial charge in [-0.2, -0.15) is 8.78 Å². The monoisotopic (exact) mass is 329 g/mol. The van der Waals surface area contributed by atoms with Gasteiger partial charge in [0.15, 0.2) is 0 Å². The number of nitrogens with one attached hydrogen (secondary N) is 1. The Morgan fingerprint density at radius 3 is 2.43 bits per heavy atom. The predicted molar refractivity (Wildman–Crippen MR) is 84.8 cm³/mol. The highest BCUT2D eigenvalue weighted by molar-refractivity contribution is 7.98. The van der Waals surface area contributed by atoms with Gasteiger partial charge in [-0.1, -0.05) is 23.9 Å². The van der Waals surface area contributed by atoms with Crippen molar-refractivity contribution >= 4 is 23.5 Å². The molecule has 114 valence electrons. The summed E-state index contributed by atoms with van der Waals surface area (Å²) in [6.07, 6.45) is 2.05. The molecule has 1 aromatic carbocycles. The Morgan fingerprint density at radius 2 is 1.76 bits per heavy atom. The number of halogens is 2. The Bertz CT molecular complexity index is 543. The number of furan rings is 1. The van der Waals surface area contributed by atoms with Crippen LogP contribution in [0, 0.1) is 0 Å². The van der Waals surface area contributed by atoms with Crippen LogP contribution in [-0.2, 0) is 18.8 Å². The van der Waals surface area contributed by atoms with Crippen molar-refractivity contribution in [2.75, 3.05) is 6.26 Å². The summed E-state index contributed by atoms with van der Waals surface area (Å²) in [7, 11) is 0. The maximum atomic E-state index is 12.1. The maximum Gasteiger partial charge on any atom is 0.284 e. The Hall–Kier alpha value is -0.980. The van der Waals surface area contributed by atoms with Crippen molar-refractivity contribution in [3.05, 3.63) is 53.5 Å². The van der Waals surface area contributed by atoms with Crippen LogP contribution in [0.4, 0.5) is 8.78 Å².